The molecule has 4 nitrogen and oxygen atoms in total. The van der Waals surface area contributed by atoms with Crippen molar-refractivity contribution in [3.63, 3.8) is 0 Å². The van der Waals surface area contributed by atoms with Gasteiger partial charge in [0.25, 0.3) is 0 Å². The molecule has 0 bridgehead atoms. The molecule has 0 heterocycles. The maximum absolute atomic E-state index is 14.3. The van der Waals surface area contributed by atoms with E-state index < -0.39 is 5.82 Å². The normalized spacial score (nSPS) is 11.4. The van der Waals surface area contributed by atoms with E-state index in [-0.39, 0.29) is 26.9 Å². The lowest BCUT2D eigenvalue weighted by atomic mass is 10.0. The van der Waals surface area contributed by atoms with Crippen LogP contribution in [0.5, 0.6) is 11.5 Å². The van der Waals surface area contributed by atoms with Crippen LogP contribution < -0.4 is 9.47 Å². The molecule has 0 aliphatic heterocycles. The fourth-order valence-electron chi connectivity index (χ4n) is 2.07. The summed E-state index contributed by atoms with van der Waals surface area (Å²) in [5, 5.41) is 12.8. The molecule has 0 aliphatic carbocycles. The van der Waals surface area contributed by atoms with Crippen LogP contribution >= 0.6 is 23.2 Å². The zero-order valence-electron chi connectivity index (χ0n) is 12.4. The standard InChI is InChI=1S/C16H14Cl2FNO3/c1-3-23-9-4-5-10(12(19)8-9)16(20-21)11-6-7-13(22-2)15(18)14(11)17/h4-8,21H,3H2,1-2H3. The van der Waals surface area contributed by atoms with Crippen LogP contribution in [0.1, 0.15) is 18.1 Å². The van der Waals surface area contributed by atoms with E-state index in [1.807, 2.05) is 0 Å². The second kappa shape index (κ2) is 7.53. The third-order valence-electron chi connectivity index (χ3n) is 3.13. The summed E-state index contributed by atoms with van der Waals surface area (Å²) >= 11 is 12.3. The van der Waals surface area contributed by atoms with Gasteiger partial charge in [-0.25, -0.2) is 4.39 Å². The molecule has 0 radical (unpaired) electrons. The largest absolute Gasteiger partial charge is 0.495 e. The van der Waals surface area contributed by atoms with Gasteiger partial charge in [-0.3, -0.25) is 0 Å². The Labute approximate surface area is 143 Å². The molecule has 0 saturated carbocycles. The molecule has 122 valence electrons. The first-order chi connectivity index (χ1) is 11.0. The smallest absolute Gasteiger partial charge is 0.139 e. The molecular weight excluding hydrogens is 344 g/mol. The fourth-order valence-corrected chi connectivity index (χ4v) is 2.56. The molecule has 1 N–H and O–H groups in total. The van der Waals surface area contributed by atoms with E-state index >= 15 is 0 Å². The summed E-state index contributed by atoms with van der Waals surface area (Å²) < 4.78 is 24.6. The SMILES string of the molecule is CCOc1ccc(C(=NO)c2ccc(OC)c(Cl)c2Cl)c(F)c1. The quantitative estimate of drug-likeness (QED) is 0.476. The third-order valence-corrected chi connectivity index (χ3v) is 3.99. The minimum atomic E-state index is -0.605. The lowest BCUT2D eigenvalue weighted by Crippen LogP contribution is -2.08. The van der Waals surface area contributed by atoms with Crippen molar-refractivity contribution < 1.29 is 19.1 Å². The van der Waals surface area contributed by atoms with E-state index in [0.717, 1.165) is 0 Å². The van der Waals surface area contributed by atoms with Crippen LogP contribution in [0.15, 0.2) is 35.5 Å². The van der Waals surface area contributed by atoms with Crippen molar-refractivity contribution in [1.29, 1.82) is 0 Å². The molecule has 0 amide bonds. The maximum atomic E-state index is 14.3. The number of methoxy groups -OCH3 is 1. The third kappa shape index (κ3) is 3.51. The lowest BCUT2D eigenvalue weighted by molar-refractivity contribution is 0.319. The van der Waals surface area contributed by atoms with Gasteiger partial charge < -0.3 is 14.7 Å². The summed E-state index contributed by atoms with van der Waals surface area (Å²) in [4.78, 5) is 0. The summed E-state index contributed by atoms with van der Waals surface area (Å²) in [7, 11) is 1.45. The van der Waals surface area contributed by atoms with Crippen LogP contribution in [-0.2, 0) is 0 Å². The second-order valence-corrected chi connectivity index (χ2v) is 5.22. The molecule has 0 aliphatic rings. The van der Waals surface area contributed by atoms with Gasteiger partial charge in [0.15, 0.2) is 0 Å². The Balaban J connectivity index is 2.52. The van der Waals surface area contributed by atoms with E-state index in [1.54, 1.807) is 19.1 Å². The summed E-state index contributed by atoms with van der Waals surface area (Å²) in [6.07, 6.45) is 0. The van der Waals surface area contributed by atoms with Crippen molar-refractivity contribution in [1.82, 2.24) is 0 Å². The zero-order chi connectivity index (χ0) is 17.0. The number of hydrogen-bond acceptors (Lipinski definition) is 4. The molecule has 0 fully saturated rings. The van der Waals surface area contributed by atoms with Crippen molar-refractivity contribution in [3.05, 3.63) is 57.3 Å². The minimum absolute atomic E-state index is 0.0416. The minimum Gasteiger partial charge on any atom is -0.495 e. The first kappa shape index (κ1) is 17.4. The Morgan fingerprint density at radius 3 is 2.43 bits per heavy atom. The molecule has 7 heteroatoms. The Kier molecular flexibility index (Phi) is 5.69. The van der Waals surface area contributed by atoms with Crippen molar-refractivity contribution in [2.24, 2.45) is 5.16 Å². The Morgan fingerprint density at radius 2 is 1.87 bits per heavy atom. The number of rotatable bonds is 5. The van der Waals surface area contributed by atoms with Gasteiger partial charge in [0.05, 0.1) is 18.7 Å². The highest BCUT2D eigenvalue weighted by Crippen LogP contribution is 2.36. The highest BCUT2D eigenvalue weighted by Gasteiger charge is 2.20. The number of oxime groups is 1. The molecule has 0 spiro atoms. The molecule has 0 aromatic heterocycles. The van der Waals surface area contributed by atoms with Gasteiger partial charge in [-0.1, -0.05) is 28.4 Å². The van der Waals surface area contributed by atoms with E-state index in [4.69, 9.17) is 32.7 Å². The molecule has 0 saturated heterocycles. The van der Waals surface area contributed by atoms with Crippen molar-refractivity contribution >= 4 is 28.9 Å². The van der Waals surface area contributed by atoms with Gasteiger partial charge in [-0.15, -0.1) is 0 Å². The van der Waals surface area contributed by atoms with E-state index in [0.29, 0.717) is 18.1 Å². The lowest BCUT2D eigenvalue weighted by Gasteiger charge is -2.12. The van der Waals surface area contributed by atoms with E-state index in [2.05, 4.69) is 5.16 Å². The number of nitrogens with zero attached hydrogens (tertiary/aromatic N) is 1. The van der Waals surface area contributed by atoms with Crippen LogP contribution in [-0.4, -0.2) is 24.6 Å². The van der Waals surface area contributed by atoms with Crippen molar-refractivity contribution in [2.75, 3.05) is 13.7 Å². The van der Waals surface area contributed by atoms with Gasteiger partial charge in [0, 0.05) is 17.2 Å². The van der Waals surface area contributed by atoms with Crippen molar-refractivity contribution in [2.45, 2.75) is 6.92 Å². The zero-order valence-corrected chi connectivity index (χ0v) is 14.0. The van der Waals surface area contributed by atoms with Gasteiger partial charge in [-0.2, -0.15) is 0 Å². The summed E-state index contributed by atoms with van der Waals surface area (Å²) in [5.41, 5.74) is 0.308. The predicted molar refractivity (Wildman–Crippen MR) is 88.0 cm³/mol. The van der Waals surface area contributed by atoms with Crippen LogP contribution in [0.3, 0.4) is 0 Å². The summed E-state index contributed by atoms with van der Waals surface area (Å²) in [6.45, 7) is 2.21. The highest BCUT2D eigenvalue weighted by atomic mass is 35.5. The van der Waals surface area contributed by atoms with Crippen LogP contribution in [0.25, 0.3) is 0 Å². The Hall–Kier alpha value is -1.98. The van der Waals surface area contributed by atoms with E-state index in [9.17, 15) is 9.60 Å². The fraction of sp³-hybridized carbons (Fsp3) is 0.188. The second-order valence-electron chi connectivity index (χ2n) is 4.47. The molecule has 2 aromatic carbocycles. The van der Waals surface area contributed by atoms with Gasteiger partial charge in [-0.05, 0) is 31.2 Å². The molecular formula is C16H14Cl2FNO3. The Morgan fingerprint density at radius 1 is 1.17 bits per heavy atom. The molecule has 23 heavy (non-hydrogen) atoms. The summed E-state index contributed by atoms with van der Waals surface area (Å²) in [5.74, 6) is 0.140. The Bertz CT molecular complexity index is 750. The highest BCUT2D eigenvalue weighted by molar-refractivity contribution is 6.45. The van der Waals surface area contributed by atoms with Crippen LogP contribution in [0.4, 0.5) is 4.39 Å². The maximum Gasteiger partial charge on any atom is 0.139 e. The van der Waals surface area contributed by atoms with Gasteiger partial charge >= 0.3 is 0 Å². The van der Waals surface area contributed by atoms with Crippen molar-refractivity contribution in [3.8, 4) is 11.5 Å². The topological polar surface area (TPSA) is 51.0 Å². The number of ether oxygens (including phenoxy) is 2. The number of benzene rings is 2. The van der Waals surface area contributed by atoms with Gasteiger partial charge in [0.1, 0.15) is 28.1 Å². The number of hydrogen-bond donors (Lipinski definition) is 1. The predicted octanol–water partition coefficient (Wildman–Crippen LogP) is 4.77. The van der Waals surface area contributed by atoms with E-state index in [1.165, 1.54) is 25.3 Å². The van der Waals surface area contributed by atoms with Crippen LogP contribution in [0.2, 0.25) is 10.0 Å². The molecule has 0 unspecified atom stereocenters. The molecule has 2 rings (SSSR count). The average Bonchev–Trinajstić information content (AvgIpc) is 2.54. The summed E-state index contributed by atoms with van der Waals surface area (Å²) in [6, 6.07) is 7.33. The molecule has 2 aromatic rings. The first-order valence-electron chi connectivity index (χ1n) is 6.70. The first-order valence-corrected chi connectivity index (χ1v) is 7.46. The number of halogens is 3. The average molecular weight is 358 g/mol. The monoisotopic (exact) mass is 357 g/mol. The molecule has 0 atom stereocenters. The van der Waals surface area contributed by atoms with Crippen LogP contribution in [0, 0.1) is 5.82 Å². The van der Waals surface area contributed by atoms with Gasteiger partial charge in [0.2, 0.25) is 0 Å².